The number of rotatable bonds is 5. The Kier molecular flexibility index (Phi) is 6.16. The lowest BCUT2D eigenvalue weighted by Crippen LogP contribution is -1.99. The Morgan fingerprint density at radius 3 is 2.82 bits per heavy atom. The first-order chi connectivity index (χ1) is 8.31. The Balaban J connectivity index is 2.86. The Hall–Kier alpha value is -1.50. The number of nitrogens with two attached hydrogens (primary N) is 1. The molecule has 0 fully saturated rings. The first-order valence-corrected chi connectivity index (χ1v) is 5.75. The van der Waals surface area contributed by atoms with E-state index in [0.717, 1.165) is 29.9 Å². The highest BCUT2D eigenvalue weighted by atomic mass is 16.5. The van der Waals surface area contributed by atoms with Crippen LogP contribution in [-0.2, 0) is 11.3 Å². The van der Waals surface area contributed by atoms with E-state index in [2.05, 4.69) is 18.8 Å². The van der Waals surface area contributed by atoms with Crippen LogP contribution >= 0.6 is 0 Å². The second-order valence-electron chi connectivity index (χ2n) is 3.58. The van der Waals surface area contributed by atoms with Gasteiger partial charge >= 0.3 is 0 Å². The molecule has 0 bridgehead atoms. The fourth-order valence-electron chi connectivity index (χ4n) is 1.41. The lowest BCUT2D eigenvalue weighted by atomic mass is 10.1. The van der Waals surface area contributed by atoms with Gasteiger partial charge in [0.05, 0.1) is 20.3 Å². The third-order valence-electron chi connectivity index (χ3n) is 2.24. The topological polar surface area (TPSA) is 44.5 Å². The minimum Gasteiger partial charge on any atom is -0.497 e. The van der Waals surface area contributed by atoms with Gasteiger partial charge in [-0.2, -0.15) is 0 Å². The van der Waals surface area contributed by atoms with Crippen molar-refractivity contribution in [2.45, 2.75) is 20.0 Å². The van der Waals surface area contributed by atoms with E-state index in [1.165, 1.54) is 0 Å². The smallest absolute Gasteiger partial charge is 0.119 e. The van der Waals surface area contributed by atoms with Crippen LogP contribution in [0.25, 0.3) is 0 Å². The molecule has 1 aromatic rings. The van der Waals surface area contributed by atoms with E-state index < -0.39 is 0 Å². The largest absolute Gasteiger partial charge is 0.497 e. The van der Waals surface area contributed by atoms with Gasteiger partial charge in [0.1, 0.15) is 5.75 Å². The standard InChI is InChI=1S/C14H19NO2/c1-3-9-17-11-13-10-14(16-2)7-6-12(13)5-4-8-15/h6-7,10H,3,8-9,11,15H2,1-2H3. The van der Waals surface area contributed by atoms with Crippen molar-refractivity contribution in [2.75, 3.05) is 20.3 Å². The van der Waals surface area contributed by atoms with Crippen molar-refractivity contribution in [1.82, 2.24) is 0 Å². The minimum atomic E-state index is 0.362. The lowest BCUT2D eigenvalue weighted by molar-refractivity contribution is 0.121. The quantitative estimate of drug-likeness (QED) is 0.624. The summed E-state index contributed by atoms with van der Waals surface area (Å²) in [6.45, 7) is 3.75. The van der Waals surface area contributed by atoms with Crippen LogP contribution in [0.4, 0.5) is 0 Å². The summed E-state index contributed by atoms with van der Waals surface area (Å²) >= 11 is 0. The Labute approximate surface area is 103 Å². The molecule has 0 spiro atoms. The molecule has 0 aliphatic heterocycles. The maximum atomic E-state index is 5.53. The third-order valence-corrected chi connectivity index (χ3v) is 2.24. The SMILES string of the molecule is CCCOCc1cc(OC)ccc1C#CCN. The van der Waals surface area contributed by atoms with E-state index in [-0.39, 0.29) is 0 Å². The van der Waals surface area contributed by atoms with Crippen molar-refractivity contribution in [3.05, 3.63) is 29.3 Å². The van der Waals surface area contributed by atoms with Crippen LogP contribution in [0.3, 0.4) is 0 Å². The average Bonchev–Trinajstić information content (AvgIpc) is 2.37. The maximum absolute atomic E-state index is 5.53. The Bertz CT molecular complexity index is 404. The number of benzene rings is 1. The van der Waals surface area contributed by atoms with Gasteiger partial charge in [0.2, 0.25) is 0 Å². The predicted octanol–water partition coefficient (Wildman–Crippen LogP) is 1.93. The molecule has 1 rings (SSSR count). The molecule has 0 aliphatic carbocycles. The molecule has 0 amide bonds. The molecule has 3 nitrogen and oxygen atoms in total. The summed E-state index contributed by atoms with van der Waals surface area (Å²) in [4.78, 5) is 0. The van der Waals surface area contributed by atoms with E-state index in [1.54, 1.807) is 7.11 Å². The van der Waals surface area contributed by atoms with Crippen molar-refractivity contribution < 1.29 is 9.47 Å². The molecule has 17 heavy (non-hydrogen) atoms. The van der Waals surface area contributed by atoms with Crippen LogP contribution in [0.15, 0.2) is 18.2 Å². The zero-order chi connectivity index (χ0) is 12.5. The third kappa shape index (κ3) is 4.48. The highest BCUT2D eigenvalue weighted by Gasteiger charge is 2.02. The van der Waals surface area contributed by atoms with Crippen LogP contribution in [0.2, 0.25) is 0 Å². The highest BCUT2D eigenvalue weighted by molar-refractivity contribution is 5.45. The monoisotopic (exact) mass is 233 g/mol. The van der Waals surface area contributed by atoms with Crippen LogP contribution in [-0.4, -0.2) is 20.3 Å². The van der Waals surface area contributed by atoms with E-state index in [0.29, 0.717) is 13.2 Å². The normalized spacial score (nSPS) is 9.59. The molecule has 0 unspecified atom stereocenters. The van der Waals surface area contributed by atoms with Gasteiger partial charge in [-0.3, -0.25) is 0 Å². The maximum Gasteiger partial charge on any atom is 0.119 e. The van der Waals surface area contributed by atoms with Crippen LogP contribution in [0.5, 0.6) is 5.75 Å². The lowest BCUT2D eigenvalue weighted by Gasteiger charge is -2.08. The number of hydrogen-bond donors (Lipinski definition) is 1. The Morgan fingerprint density at radius 1 is 1.35 bits per heavy atom. The molecule has 0 atom stereocenters. The average molecular weight is 233 g/mol. The Morgan fingerprint density at radius 2 is 2.18 bits per heavy atom. The van der Waals surface area contributed by atoms with Gasteiger partial charge in [-0.1, -0.05) is 18.8 Å². The summed E-state index contributed by atoms with van der Waals surface area (Å²) in [6.07, 6.45) is 1.01. The van der Waals surface area contributed by atoms with E-state index in [4.69, 9.17) is 15.2 Å². The fraction of sp³-hybridized carbons (Fsp3) is 0.429. The summed E-state index contributed by atoms with van der Waals surface area (Å²) in [6, 6.07) is 5.78. The van der Waals surface area contributed by atoms with E-state index in [9.17, 15) is 0 Å². The molecule has 2 N–H and O–H groups in total. The zero-order valence-corrected chi connectivity index (χ0v) is 10.5. The molecular weight excluding hydrogens is 214 g/mol. The molecule has 0 saturated carbocycles. The second kappa shape index (κ2) is 7.72. The fourth-order valence-corrected chi connectivity index (χ4v) is 1.41. The predicted molar refractivity (Wildman–Crippen MR) is 68.9 cm³/mol. The molecule has 0 heterocycles. The van der Waals surface area contributed by atoms with Crippen LogP contribution < -0.4 is 10.5 Å². The molecule has 0 radical (unpaired) electrons. The van der Waals surface area contributed by atoms with Crippen molar-refractivity contribution in [3.8, 4) is 17.6 Å². The molecule has 1 aromatic carbocycles. The summed E-state index contributed by atoms with van der Waals surface area (Å²) in [5.74, 6) is 6.71. The number of ether oxygens (including phenoxy) is 2. The highest BCUT2D eigenvalue weighted by Crippen LogP contribution is 2.18. The molecule has 92 valence electrons. The van der Waals surface area contributed by atoms with Gasteiger partial charge in [0, 0.05) is 12.2 Å². The molecule has 0 saturated heterocycles. The number of hydrogen-bond acceptors (Lipinski definition) is 3. The molecule has 0 aliphatic rings. The van der Waals surface area contributed by atoms with E-state index >= 15 is 0 Å². The molecule has 3 heteroatoms. The second-order valence-corrected chi connectivity index (χ2v) is 3.58. The zero-order valence-electron chi connectivity index (χ0n) is 10.5. The van der Waals surface area contributed by atoms with Crippen molar-refractivity contribution in [3.63, 3.8) is 0 Å². The van der Waals surface area contributed by atoms with Gasteiger partial charge < -0.3 is 15.2 Å². The van der Waals surface area contributed by atoms with Crippen molar-refractivity contribution in [1.29, 1.82) is 0 Å². The summed E-state index contributed by atoms with van der Waals surface area (Å²) < 4.78 is 10.7. The minimum absolute atomic E-state index is 0.362. The first-order valence-electron chi connectivity index (χ1n) is 5.75. The van der Waals surface area contributed by atoms with Gasteiger partial charge in [-0.15, -0.1) is 0 Å². The van der Waals surface area contributed by atoms with E-state index in [1.807, 2.05) is 18.2 Å². The van der Waals surface area contributed by atoms with Gasteiger partial charge in [-0.25, -0.2) is 0 Å². The summed E-state index contributed by atoms with van der Waals surface area (Å²) in [7, 11) is 1.65. The van der Waals surface area contributed by atoms with Crippen molar-refractivity contribution in [2.24, 2.45) is 5.73 Å². The first kappa shape index (κ1) is 13.6. The van der Waals surface area contributed by atoms with Gasteiger partial charge in [0.15, 0.2) is 0 Å². The number of methoxy groups -OCH3 is 1. The van der Waals surface area contributed by atoms with Crippen LogP contribution in [0, 0.1) is 11.8 Å². The molecule has 0 aromatic heterocycles. The van der Waals surface area contributed by atoms with Gasteiger partial charge in [0.25, 0.3) is 0 Å². The van der Waals surface area contributed by atoms with Crippen molar-refractivity contribution >= 4 is 0 Å². The van der Waals surface area contributed by atoms with Crippen LogP contribution in [0.1, 0.15) is 24.5 Å². The van der Waals surface area contributed by atoms with Gasteiger partial charge in [-0.05, 0) is 30.2 Å². The summed E-state index contributed by atoms with van der Waals surface area (Å²) in [5, 5.41) is 0. The molecular formula is C14H19NO2. The summed E-state index contributed by atoms with van der Waals surface area (Å²) in [5.41, 5.74) is 7.37.